The van der Waals surface area contributed by atoms with Crippen molar-refractivity contribution in [3.05, 3.63) is 47.4 Å². The Morgan fingerprint density at radius 1 is 1.27 bits per heavy atom. The lowest BCUT2D eigenvalue weighted by atomic mass is 10.0. The van der Waals surface area contributed by atoms with Gasteiger partial charge in [-0.2, -0.15) is 0 Å². The molecule has 1 heterocycles. The maximum absolute atomic E-state index is 14.0. The van der Waals surface area contributed by atoms with Gasteiger partial charge in [0, 0.05) is 11.8 Å². The summed E-state index contributed by atoms with van der Waals surface area (Å²) in [4.78, 5) is 26.3. The molecular formula is C15H13FN2O4. The molecule has 0 aliphatic carbocycles. The van der Waals surface area contributed by atoms with E-state index in [0.29, 0.717) is 11.1 Å². The van der Waals surface area contributed by atoms with Gasteiger partial charge in [-0.1, -0.05) is 6.07 Å². The van der Waals surface area contributed by atoms with Crippen molar-refractivity contribution >= 4 is 17.8 Å². The normalized spacial score (nSPS) is 10.3. The monoisotopic (exact) mass is 304 g/mol. The van der Waals surface area contributed by atoms with Crippen LogP contribution in [0.15, 0.2) is 30.5 Å². The summed E-state index contributed by atoms with van der Waals surface area (Å²) < 4.78 is 18.7. The second-order valence-corrected chi connectivity index (χ2v) is 4.38. The van der Waals surface area contributed by atoms with Gasteiger partial charge in [-0.05, 0) is 30.7 Å². The second kappa shape index (κ2) is 6.21. The number of halogens is 1. The molecule has 0 bridgehead atoms. The first-order valence-electron chi connectivity index (χ1n) is 6.40. The molecule has 0 spiro atoms. The van der Waals surface area contributed by atoms with Crippen molar-refractivity contribution in [1.82, 2.24) is 4.98 Å². The third kappa shape index (κ3) is 3.03. The van der Waals surface area contributed by atoms with Gasteiger partial charge < -0.3 is 15.6 Å². The number of anilines is 1. The Balaban J connectivity index is 2.42. The zero-order chi connectivity index (χ0) is 16.3. The molecule has 6 nitrogen and oxygen atoms in total. The van der Waals surface area contributed by atoms with Crippen molar-refractivity contribution in [3.8, 4) is 11.1 Å². The van der Waals surface area contributed by atoms with Gasteiger partial charge in [-0.3, -0.25) is 0 Å². The molecule has 0 saturated heterocycles. The van der Waals surface area contributed by atoms with Crippen LogP contribution < -0.4 is 5.73 Å². The fourth-order valence-corrected chi connectivity index (χ4v) is 1.87. The average Bonchev–Trinajstić information content (AvgIpc) is 2.47. The number of carboxylic acid groups (broad SMARTS) is 1. The van der Waals surface area contributed by atoms with Crippen molar-refractivity contribution in [2.45, 2.75) is 6.92 Å². The van der Waals surface area contributed by atoms with Gasteiger partial charge in [-0.25, -0.2) is 19.0 Å². The van der Waals surface area contributed by atoms with Crippen LogP contribution in [0.25, 0.3) is 11.1 Å². The Morgan fingerprint density at radius 2 is 2.00 bits per heavy atom. The van der Waals surface area contributed by atoms with Gasteiger partial charge in [0.25, 0.3) is 0 Å². The topological polar surface area (TPSA) is 103 Å². The Morgan fingerprint density at radius 3 is 2.59 bits per heavy atom. The first-order chi connectivity index (χ1) is 10.4. The zero-order valence-electron chi connectivity index (χ0n) is 11.7. The van der Waals surface area contributed by atoms with Crippen LogP contribution in [-0.2, 0) is 4.74 Å². The van der Waals surface area contributed by atoms with E-state index in [0.717, 1.165) is 6.07 Å². The van der Waals surface area contributed by atoms with Crippen molar-refractivity contribution in [3.63, 3.8) is 0 Å². The molecule has 114 valence electrons. The van der Waals surface area contributed by atoms with Crippen molar-refractivity contribution in [2.75, 3.05) is 12.3 Å². The molecule has 1 aromatic carbocycles. The molecule has 3 N–H and O–H groups in total. The maximum Gasteiger partial charge on any atom is 0.341 e. The lowest BCUT2D eigenvalue weighted by Gasteiger charge is -2.07. The van der Waals surface area contributed by atoms with E-state index in [4.69, 9.17) is 15.6 Å². The number of aromatic nitrogens is 1. The standard InChI is InChI=1S/C15H13FN2O4/c1-2-22-15(21)10-4-3-8(6-12(10)16)9-5-11(14(19)20)13(17)18-7-9/h3-7H,2H2,1H3,(H2,17,18)(H,19,20). The number of pyridine rings is 1. The number of nitrogen functional groups attached to an aromatic ring is 1. The molecule has 0 atom stereocenters. The minimum Gasteiger partial charge on any atom is -0.478 e. The molecule has 1 aromatic heterocycles. The van der Waals surface area contributed by atoms with Crippen LogP contribution in [0.3, 0.4) is 0 Å². The van der Waals surface area contributed by atoms with Crippen molar-refractivity contribution < 1.29 is 23.8 Å². The number of carbonyl (C=O) groups excluding carboxylic acids is 1. The van der Waals surface area contributed by atoms with Crippen LogP contribution in [0.5, 0.6) is 0 Å². The molecule has 0 aliphatic rings. The highest BCUT2D eigenvalue weighted by Gasteiger charge is 2.15. The molecule has 0 fully saturated rings. The van der Waals surface area contributed by atoms with Gasteiger partial charge in [0.2, 0.25) is 0 Å². The molecule has 7 heteroatoms. The first-order valence-corrected chi connectivity index (χ1v) is 6.40. The zero-order valence-corrected chi connectivity index (χ0v) is 11.7. The molecule has 0 saturated carbocycles. The number of aromatic carboxylic acids is 1. The van der Waals surface area contributed by atoms with Gasteiger partial charge in [0.05, 0.1) is 12.2 Å². The Labute approximate surface area is 125 Å². The highest BCUT2D eigenvalue weighted by Crippen LogP contribution is 2.24. The molecule has 2 aromatic rings. The number of carboxylic acids is 1. The summed E-state index contributed by atoms with van der Waals surface area (Å²) in [6.07, 6.45) is 1.33. The van der Waals surface area contributed by atoms with E-state index in [1.54, 1.807) is 6.92 Å². The summed E-state index contributed by atoms with van der Waals surface area (Å²) in [5, 5.41) is 9.01. The SMILES string of the molecule is CCOC(=O)c1ccc(-c2cnc(N)c(C(=O)O)c2)cc1F. The number of nitrogens with zero attached hydrogens (tertiary/aromatic N) is 1. The van der Waals surface area contributed by atoms with Gasteiger partial charge >= 0.3 is 11.9 Å². The minimum absolute atomic E-state index is 0.125. The smallest absolute Gasteiger partial charge is 0.341 e. The van der Waals surface area contributed by atoms with E-state index in [1.807, 2.05) is 0 Å². The maximum atomic E-state index is 14.0. The predicted octanol–water partition coefficient (Wildman–Crippen LogP) is 2.34. The minimum atomic E-state index is -1.23. The average molecular weight is 304 g/mol. The third-order valence-electron chi connectivity index (χ3n) is 2.95. The molecule has 0 unspecified atom stereocenters. The summed E-state index contributed by atoms with van der Waals surface area (Å²) in [6, 6.07) is 5.17. The van der Waals surface area contributed by atoms with E-state index in [1.165, 1.54) is 24.4 Å². The number of ether oxygens (including phenoxy) is 1. The van der Waals surface area contributed by atoms with Crippen molar-refractivity contribution in [1.29, 1.82) is 0 Å². The van der Waals surface area contributed by atoms with Crippen LogP contribution in [0, 0.1) is 5.82 Å². The summed E-state index contributed by atoms with van der Waals surface area (Å²) in [5.41, 5.74) is 5.86. The number of hydrogen-bond donors (Lipinski definition) is 2. The van der Waals surface area contributed by atoms with Crippen molar-refractivity contribution in [2.24, 2.45) is 0 Å². The fourth-order valence-electron chi connectivity index (χ4n) is 1.87. The molecular weight excluding hydrogens is 291 g/mol. The van der Waals surface area contributed by atoms with Crippen LogP contribution in [0.1, 0.15) is 27.6 Å². The Hall–Kier alpha value is -2.96. The summed E-state index contributed by atoms with van der Waals surface area (Å²) in [6.45, 7) is 1.77. The van der Waals surface area contributed by atoms with E-state index in [9.17, 15) is 14.0 Å². The van der Waals surface area contributed by atoms with E-state index < -0.39 is 17.8 Å². The quantitative estimate of drug-likeness (QED) is 0.840. The largest absolute Gasteiger partial charge is 0.478 e. The van der Waals surface area contributed by atoms with E-state index >= 15 is 0 Å². The van der Waals surface area contributed by atoms with Gasteiger partial charge in [-0.15, -0.1) is 0 Å². The fraction of sp³-hybridized carbons (Fsp3) is 0.133. The molecule has 0 aliphatic heterocycles. The van der Waals surface area contributed by atoms with Gasteiger partial charge in [0.1, 0.15) is 17.2 Å². The molecule has 0 radical (unpaired) electrons. The molecule has 0 amide bonds. The lowest BCUT2D eigenvalue weighted by molar-refractivity contribution is 0.0520. The number of hydrogen-bond acceptors (Lipinski definition) is 5. The van der Waals surface area contributed by atoms with Crippen LogP contribution in [-0.4, -0.2) is 28.6 Å². The number of esters is 1. The molecule has 22 heavy (non-hydrogen) atoms. The Bertz CT molecular complexity index is 746. The van der Waals surface area contributed by atoms with Crippen LogP contribution in [0.4, 0.5) is 10.2 Å². The number of rotatable bonds is 4. The third-order valence-corrected chi connectivity index (χ3v) is 2.95. The number of carbonyl (C=O) groups is 2. The Kier molecular flexibility index (Phi) is 4.36. The molecule has 2 rings (SSSR count). The van der Waals surface area contributed by atoms with E-state index in [2.05, 4.69) is 4.98 Å². The van der Waals surface area contributed by atoms with E-state index in [-0.39, 0.29) is 23.6 Å². The highest BCUT2D eigenvalue weighted by molar-refractivity contribution is 5.94. The van der Waals surface area contributed by atoms with Crippen LogP contribution in [0.2, 0.25) is 0 Å². The number of nitrogens with two attached hydrogens (primary N) is 1. The van der Waals surface area contributed by atoms with Gasteiger partial charge in [0.15, 0.2) is 0 Å². The summed E-state index contributed by atoms with van der Waals surface area (Å²) >= 11 is 0. The predicted molar refractivity (Wildman–Crippen MR) is 77.0 cm³/mol. The highest BCUT2D eigenvalue weighted by atomic mass is 19.1. The lowest BCUT2D eigenvalue weighted by Crippen LogP contribution is -2.07. The summed E-state index contributed by atoms with van der Waals surface area (Å²) in [5.74, 6) is -2.87. The second-order valence-electron chi connectivity index (χ2n) is 4.38. The summed E-state index contributed by atoms with van der Waals surface area (Å²) in [7, 11) is 0. The number of benzene rings is 1. The first kappa shape index (κ1) is 15.4. The van der Waals surface area contributed by atoms with Crippen LogP contribution >= 0.6 is 0 Å².